The third kappa shape index (κ3) is 3.23. The van der Waals surface area contributed by atoms with E-state index in [0.717, 1.165) is 17.1 Å². The lowest BCUT2D eigenvalue weighted by Gasteiger charge is -2.16. The molecule has 0 unspecified atom stereocenters. The molecule has 1 heterocycles. The van der Waals surface area contributed by atoms with E-state index >= 15 is 0 Å². The Labute approximate surface area is 112 Å². The second-order valence-electron chi connectivity index (χ2n) is 4.57. The van der Waals surface area contributed by atoms with Crippen molar-refractivity contribution < 1.29 is 9.21 Å². The van der Waals surface area contributed by atoms with Gasteiger partial charge in [-0.3, -0.25) is 4.79 Å². The fourth-order valence-corrected chi connectivity index (χ4v) is 1.88. The summed E-state index contributed by atoms with van der Waals surface area (Å²) in [7, 11) is 1.76. The minimum atomic E-state index is -0.0300. The maximum absolute atomic E-state index is 12.2. The van der Waals surface area contributed by atoms with Gasteiger partial charge >= 0.3 is 0 Å². The summed E-state index contributed by atoms with van der Waals surface area (Å²) in [6.45, 7) is 2.83. The molecular formula is C15H18N2O2. The highest BCUT2D eigenvalue weighted by molar-refractivity contribution is 5.94. The molecule has 2 N–H and O–H groups in total. The fourth-order valence-electron chi connectivity index (χ4n) is 1.88. The van der Waals surface area contributed by atoms with E-state index in [1.165, 1.54) is 0 Å². The van der Waals surface area contributed by atoms with E-state index in [2.05, 4.69) is 0 Å². The highest BCUT2D eigenvalue weighted by Gasteiger charge is 2.13. The van der Waals surface area contributed by atoms with Gasteiger partial charge in [0, 0.05) is 19.2 Å². The minimum absolute atomic E-state index is 0.0300. The molecule has 0 saturated carbocycles. The molecule has 4 nitrogen and oxygen atoms in total. The molecule has 0 bridgehead atoms. The Morgan fingerprint density at radius 2 is 1.89 bits per heavy atom. The Bertz CT molecular complexity index is 558. The molecule has 1 amide bonds. The normalized spacial score (nSPS) is 10.5. The largest absolute Gasteiger partial charge is 0.464 e. The molecule has 2 rings (SSSR count). The summed E-state index contributed by atoms with van der Waals surface area (Å²) >= 11 is 0. The van der Waals surface area contributed by atoms with Crippen molar-refractivity contribution >= 4 is 5.91 Å². The van der Waals surface area contributed by atoms with Crippen molar-refractivity contribution in [3.8, 4) is 0 Å². The van der Waals surface area contributed by atoms with Crippen LogP contribution in [0, 0.1) is 6.92 Å². The summed E-state index contributed by atoms with van der Waals surface area (Å²) in [5.41, 5.74) is 7.20. The van der Waals surface area contributed by atoms with Crippen molar-refractivity contribution in [3.05, 3.63) is 59.0 Å². The van der Waals surface area contributed by atoms with Crippen LogP contribution < -0.4 is 5.73 Å². The van der Waals surface area contributed by atoms with E-state index in [-0.39, 0.29) is 5.91 Å². The topological polar surface area (TPSA) is 59.5 Å². The van der Waals surface area contributed by atoms with Crippen molar-refractivity contribution in [3.63, 3.8) is 0 Å². The van der Waals surface area contributed by atoms with Gasteiger partial charge in [0.1, 0.15) is 11.5 Å². The summed E-state index contributed by atoms with van der Waals surface area (Å²) in [5.74, 6) is 1.60. The number of furan rings is 1. The number of carbonyl (C=O) groups excluding carboxylic acids is 1. The lowest BCUT2D eigenvalue weighted by Crippen LogP contribution is -2.26. The quantitative estimate of drug-likeness (QED) is 0.915. The van der Waals surface area contributed by atoms with E-state index in [1.54, 1.807) is 24.1 Å². The number of nitrogens with two attached hydrogens (primary N) is 1. The number of benzene rings is 1. The maximum atomic E-state index is 12.2. The monoisotopic (exact) mass is 258 g/mol. The molecule has 0 fully saturated rings. The van der Waals surface area contributed by atoms with Gasteiger partial charge in [0.15, 0.2) is 0 Å². The van der Waals surface area contributed by atoms with Crippen LogP contribution in [0.15, 0.2) is 40.8 Å². The number of nitrogens with zero attached hydrogens (tertiary/aromatic N) is 1. The number of hydrogen-bond donors (Lipinski definition) is 1. The summed E-state index contributed by atoms with van der Waals surface area (Å²) in [5, 5.41) is 0. The van der Waals surface area contributed by atoms with Crippen molar-refractivity contribution in [2.75, 3.05) is 7.05 Å². The Hall–Kier alpha value is -2.07. The first-order valence-corrected chi connectivity index (χ1v) is 6.20. The summed E-state index contributed by atoms with van der Waals surface area (Å²) in [6, 6.07) is 11.1. The Morgan fingerprint density at radius 1 is 1.21 bits per heavy atom. The number of amides is 1. The van der Waals surface area contributed by atoms with Crippen LogP contribution >= 0.6 is 0 Å². The van der Waals surface area contributed by atoms with Gasteiger partial charge in [-0.2, -0.15) is 0 Å². The van der Waals surface area contributed by atoms with E-state index in [9.17, 15) is 4.79 Å². The Balaban J connectivity index is 2.05. The lowest BCUT2D eigenvalue weighted by molar-refractivity contribution is 0.0775. The third-order valence-electron chi connectivity index (χ3n) is 2.97. The first-order valence-electron chi connectivity index (χ1n) is 6.20. The molecule has 0 atom stereocenters. The molecular weight excluding hydrogens is 240 g/mol. The fraction of sp³-hybridized carbons (Fsp3) is 0.267. The van der Waals surface area contributed by atoms with Gasteiger partial charge in [-0.15, -0.1) is 0 Å². The zero-order chi connectivity index (χ0) is 13.8. The molecule has 1 aromatic heterocycles. The minimum Gasteiger partial charge on any atom is -0.464 e. The van der Waals surface area contributed by atoms with Crippen molar-refractivity contribution in [2.24, 2.45) is 5.73 Å². The molecule has 19 heavy (non-hydrogen) atoms. The standard InChI is InChI=1S/C15H18N2O2/c1-11-3-8-14(19-11)10-17(2)15(18)13-6-4-12(9-16)5-7-13/h3-8H,9-10,16H2,1-2H3. The summed E-state index contributed by atoms with van der Waals surface area (Å²) in [4.78, 5) is 13.8. The van der Waals surface area contributed by atoms with Crippen LogP contribution in [0.25, 0.3) is 0 Å². The van der Waals surface area contributed by atoms with Crippen LogP contribution in [0.5, 0.6) is 0 Å². The van der Waals surface area contributed by atoms with Gasteiger partial charge in [0.2, 0.25) is 0 Å². The number of carbonyl (C=O) groups is 1. The molecule has 0 saturated heterocycles. The van der Waals surface area contributed by atoms with Crippen molar-refractivity contribution in [2.45, 2.75) is 20.0 Å². The molecule has 2 aromatic rings. The van der Waals surface area contributed by atoms with Crippen LogP contribution in [-0.4, -0.2) is 17.9 Å². The average molecular weight is 258 g/mol. The average Bonchev–Trinajstić information content (AvgIpc) is 2.83. The maximum Gasteiger partial charge on any atom is 0.254 e. The predicted octanol–water partition coefficient (Wildman–Crippen LogP) is 2.32. The van der Waals surface area contributed by atoms with E-state index in [0.29, 0.717) is 18.7 Å². The second-order valence-corrected chi connectivity index (χ2v) is 4.57. The molecule has 0 aliphatic rings. The van der Waals surface area contributed by atoms with Crippen LogP contribution in [0.4, 0.5) is 0 Å². The van der Waals surface area contributed by atoms with Crippen molar-refractivity contribution in [1.82, 2.24) is 4.90 Å². The second kappa shape index (κ2) is 5.71. The van der Waals surface area contributed by atoms with Crippen molar-refractivity contribution in [1.29, 1.82) is 0 Å². The van der Waals surface area contributed by atoms with Gasteiger partial charge < -0.3 is 15.1 Å². The van der Waals surface area contributed by atoms with Crippen LogP contribution in [0.1, 0.15) is 27.4 Å². The molecule has 0 radical (unpaired) electrons. The zero-order valence-corrected chi connectivity index (χ0v) is 11.2. The van der Waals surface area contributed by atoms with E-state index < -0.39 is 0 Å². The lowest BCUT2D eigenvalue weighted by atomic mass is 10.1. The molecule has 4 heteroatoms. The van der Waals surface area contributed by atoms with Crippen LogP contribution in [0.3, 0.4) is 0 Å². The van der Waals surface area contributed by atoms with E-state index in [1.807, 2.05) is 31.2 Å². The number of aryl methyl sites for hydroxylation is 1. The van der Waals surface area contributed by atoms with E-state index in [4.69, 9.17) is 10.2 Å². The van der Waals surface area contributed by atoms with Gasteiger partial charge in [-0.25, -0.2) is 0 Å². The van der Waals surface area contributed by atoms with Gasteiger partial charge in [-0.05, 0) is 36.8 Å². The molecule has 0 aliphatic carbocycles. The van der Waals surface area contributed by atoms with Gasteiger partial charge in [-0.1, -0.05) is 12.1 Å². The summed E-state index contributed by atoms with van der Waals surface area (Å²) in [6.07, 6.45) is 0. The Kier molecular flexibility index (Phi) is 4.02. The zero-order valence-electron chi connectivity index (χ0n) is 11.2. The van der Waals surface area contributed by atoms with Crippen LogP contribution in [-0.2, 0) is 13.1 Å². The first kappa shape index (κ1) is 13.4. The SMILES string of the molecule is Cc1ccc(CN(C)C(=O)c2ccc(CN)cc2)o1. The third-order valence-corrected chi connectivity index (χ3v) is 2.97. The number of rotatable bonds is 4. The summed E-state index contributed by atoms with van der Waals surface area (Å²) < 4.78 is 5.47. The smallest absolute Gasteiger partial charge is 0.254 e. The molecule has 0 spiro atoms. The highest BCUT2D eigenvalue weighted by Crippen LogP contribution is 2.12. The van der Waals surface area contributed by atoms with Gasteiger partial charge in [0.25, 0.3) is 5.91 Å². The number of hydrogen-bond acceptors (Lipinski definition) is 3. The van der Waals surface area contributed by atoms with Crippen LogP contribution in [0.2, 0.25) is 0 Å². The highest BCUT2D eigenvalue weighted by atomic mass is 16.3. The van der Waals surface area contributed by atoms with Gasteiger partial charge in [0.05, 0.1) is 6.54 Å². The molecule has 1 aromatic carbocycles. The predicted molar refractivity (Wildman–Crippen MR) is 73.6 cm³/mol. The first-order chi connectivity index (χ1) is 9.10. The Morgan fingerprint density at radius 3 is 2.42 bits per heavy atom. The molecule has 100 valence electrons. The molecule has 0 aliphatic heterocycles.